The van der Waals surface area contributed by atoms with E-state index in [1.807, 2.05) is 10.8 Å². The van der Waals surface area contributed by atoms with Gasteiger partial charge in [-0.15, -0.1) is 0 Å². The summed E-state index contributed by atoms with van der Waals surface area (Å²) in [6, 6.07) is 15.0. The zero-order valence-corrected chi connectivity index (χ0v) is 19.4. The summed E-state index contributed by atoms with van der Waals surface area (Å²) in [7, 11) is 2.71. The maximum atomic E-state index is 13.0. The largest absolute Gasteiger partial charge is 0.465 e. The fourth-order valence-corrected chi connectivity index (χ4v) is 5.63. The number of carbonyl (C=O) groups excluding carboxylic acids is 2. The molecule has 0 aliphatic heterocycles. The van der Waals surface area contributed by atoms with Crippen LogP contribution in [0.2, 0.25) is 0 Å². The Labute approximate surface area is 194 Å². The molecule has 2 aliphatic carbocycles. The van der Waals surface area contributed by atoms with Gasteiger partial charge in [-0.3, -0.25) is 0 Å². The van der Waals surface area contributed by atoms with Gasteiger partial charge in [0.15, 0.2) is 0 Å². The highest BCUT2D eigenvalue weighted by molar-refractivity contribution is 6.07. The quantitative estimate of drug-likeness (QED) is 0.440. The standard InChI is InChI=1S/C28H29NO4/c1-17-20-11-7-8-12-22(20)23-15-18(13-14-21(17)23)24-16-29(19-9-5-4-6-10-19)26(28(31)33-3)25(24)27(30)32-2/h7-8,11-17,19H,4-6,9-10H2,1-3H3. The zero-order chi connectivity index (χ0) is 23.1. The first-order valence-corrected chi connectivity index (χ1v) is 11.7. The molecule has 2 aromatic carbocycles. The molecule has 170 valence electrons. The molecule has 1 atom stereocenters. The van der Waals surface area contributed by atoms with Crippen LogP contribution in [0.1, 0.15) is 83.0 Å². The molecule has 0 radical (unpaired) electrons. The number of ether oxygens (including phenoxy) is 2. The van der Waals surface area contributed by atoms with E-state index in [9.17, 15) is 9.59 Å². The van der Waals surface area contributed by atoms with Crippen LogP contribution in [0.25, 0.3) is 22.3 Å². The molecule has 1 unspecified atom stereocenters. The van der Waals surface area contributed by atoms with Crippen molar-refractivity contribution in [1.29, 1.82) is 0 Å². The molecule has 1 heterocycles. The van der Waals surface area contributed by atoms with Crippen molar-refractivity contribution in [2.45, 2.75) is 51.0 Å². The van der Waals surface area contributed by atoms with Crippen LogP contribution in [0.4, 0.5) is 0 Å². The molecule has 5 heteroatoms. The lowest BCUT2D eigenvalue weighted by molar-refractivity contribution is 0.0544. The number of carbonyl (C=O) groups is 2. The minimum atomic E-state index is -0.519. The third-order valence-corrected chi connectivity index (χ3v) is 7.32. The number of nitrogens with zero attached hydrogens (tertiary/aromatic N) is 1. The highest BCUT2D eigenvalue weighted by Crippen LogP contribution is 2.46. The Bertz CT molecular complexity index is 1230. The van der Waals surface area contributed by atoms with Gasteiger partial charge in [0.2, 0.25) is 0 Å². The second kappa shape index (κ2) is 8.54. The minimum absolute atomic E-state index is 0.167. The van der Waals surface area contributed by atoms with Crippen LogP contribution in [-0.2, 0) is 9.47 Å². The molecule has 2 aliphatic rings. The molecule has 5 nitrogen and oxygen atoms in total. The number of benzene rings is 2. The van der Waals surface area contributed by atoms with Crippen LogP contribution >= 0.6 is 0 Å². The number of methoxy groups -OCH3 is 2. The summed E-state index contributed by atoms with van der Waals surface area (Å²) in [4.78, 5) is 25.9. The molecule has 5 rings (SSSR count). The smallest absolute Gasteiger partial charge is 0.355 e. The molecule has 1 fully saturated rings. The summed E-state index contributed by atoms with van der Waals surface area (Å²) < 4.78 is 12.2. The van der Waals surface area contributed by atoms with E-state index in [2.05, 4.69) is 49.4 Å². The van der Waals surface area contributed by atoms with Gasteiger partial charge in [0.1, 0.15) is 11.3 Å². The van der Waals surface area contributed by atoms with Crippen LogP contribution in [0.15, 0.2) is 48.7 Å². The van der Waals surface area contributed by atoms with E-state index in [4.69, 9.17) is 9.47 Å². The Kier molecular flexibility index (Phi) is 5.57. The number of hydrogen-bond acceptors (Lipinski definition) is 4. The molecule has 0 spiro atoms. The molecular formula is C28H29NO4. The summed E-state index contributed by atoms with van der Waals surface area (Å²) in [6.07, 6.45) is 7.34. The van der Waals surface area contributed by atoms with Crippen LogP contribution in [0.5, 0.6) is 0 Å². The first kappa shape index (κ1) is 21.5. The number of esters is 2. The maximum absolute atomic E-state index is 13.0. The van der Waals surface area contributed by atoms with Crippen molar-refractivity contribution in [1.82, 2.24) is 4.57 Å². The van der Waals surface area contributed by atoms with Gasteiger partial charge in [0.05, 0.1) is 14.2 Å². The minimum Gasteiger partial charge on any atom is -0.465 e. The number of fused-ring (bicyclic) bond motifs is 3. The Morgan fingerprint density at radius 2 is 1.55 bits per heavy atom. The molecule has 1 saturated carbocycles. The molecule has 0 amide bonds. The first-order valence-electron chi connectivity index (χ1n) is 11.7. The lowest BCUT2D eigenvalue weighted by atomic mass is 9.95. The average molecular weight is 444 g/mol. The van der Waals surface area contributed by atoms with Crippen molar-refractivity contribution in [3.05, 3.63) is 71.0 Å². The number of hydrogen-bond donors (Lipinski definition) is 0. The van der Waals surface area contributed by atoms with E-state index in [-0.39, 0.29) is 11.6 Å². The van der Waals surface area contributed by atoms with Crippen molar-refractivity contribution in [3.63, 3.8) is 0 Å². The van der Waals surface area contributed by atoms with Gasteiger partial charge in [-0.25, -0.2) is 9.59 Å². The monoisotopic (exact) mass is 443 g/mol. The van der Waals surface area contributed by atoms with Gasteiger partial charge in [0.25, 0.3) is 0 Å². The van der Waals surface area contributed by atoms with E-state index >= 15 is 0 Å². The topological polar surface area (TPSA) is 57.5 Å². The van der Waals surface area contributed by atoms with Crippen LogP contribution in [0.3, 0.4) is 0 Å². The normalized spacial score (nSPS) is 17.4. The predicted molar refractivity (Wildman–Crippen MR) is 128 cm³/mol. The van der Waals surface area contributed by atoms with Crippen molar-refractivity contribution >= 4 is 11.9 Å². The summed E-state index contributed by atoms with van der Waals surface area (Å²) in [5, 5.41) is 0. The van der Waals surface area contributed by atoms with Gasteiger partial charge in [-0.2, -0.15) is 0 Å². The molecule has 0 N–H and O–H groups in total. The van der Waals surface area contributed by atoms with E-state index in [1.165, 1.54) is 42.9 Å². The Hall–Kier alpha value is -3.34. The van der Waals surface area contributed by atoms with Crippen molar-refractivity contribution < 1.29 is 19.1 Å². The summed E-state index contributed by atoms with van der Waals surface area (Å²) >= 11 is 0. The number of aromatic nitrogens is 1. The van der Waals surface area contributed by atoms with E-state index in [0.717, 1.165) is 31.2 Å². The van der Waals surface area contributed by atoms with Crippen LogP contribution in [0, 0.1) is 0 Å². The van der Waals surface area contributed by atoms with Crippen molar-refractivity contribution in [2.75, 3.05) is 14.2 Å². The molecule has 3 aromatic rings. The Balaban J connectivity index is 1.71. The van der Waals surface area contributed by atoms with E-state index < -0.39 is 11.9 Å². The summed E-state index contributed by atoms with van der Waals surface area (Å²) in [6.45, 7) is 2.22. The van der Waals surface area contributed by atoms with Crippen molar-refractivity contribution in [2.24, 2.45) is 0 Å². The predicted octanol–water partition coefficient (Wildman–Crippen LogP) is 6.37. The van der Waals surface area contributed by atoms with Gasteiger partial charge < -0.3 is 14.0 Å². The molecule has 0 saturated heterocycles. The third kappa shape index (κ3) is 3.47. The third-order valence-electron chi connectivity index (χ3n) is 7.32. The van der Waals surface area contributed by atoms with Gasteiger partial charge >= 0.3 is 11.9 Å². The van der Waals surface area contributed by atoms with Crippen LogP contribution in [-0.4, -0.2) is 30.7 Å². The lowest BCUT2D eigenvalue weighted by Gasteiger charge is -2.25. The molecular weight excluding hydrogens is 414 g/mol. The summed E-state index contributed by atoms with van der Waals surface area (Å²) in [5.41, 5.74) is 7.19. The first-order chi connectivity index (χ1) is 16.0. The molecule has 0 bridgehead atoms. The van der Waals surface area contributed by atoms with Gasteiger partial charge in [-0.05, 0) is 46.7 Å². The maximum Gasteiger partial charge on any atom is 0.355 e. The average Bonchev–Trinajstić information content (AvgIpc) is 3.40. The van der Waals surface area contributed by atoms with E-state index in [0.29, 0.717) is 17.2 Å². The Morgan fingerprint density at radius 3 is 2.27 bits per heavy atom. The van der Waals surface area contributed by atoms with Crippen molar-refractivity contribution in [3.8, 4) is 22.3 Å². The second-order valence-corrected chi connectivity index (χ2v) is 9.06. The lowest BCUT2D eigenvalue weighted by Crippen LogP contribution is -2.20. The zero-order valence-electron chi connectivity index (χ0n) is 19.4. The summed E-state index contributed by atoms with van der Waals surface area (Å²) in [5.74, 6) is -0.704. The van der Waals surface area contributed by atoms with Gasteiger partial charge in [0, 0.05) is 23.7 Å². The Morgan fingerprint density at radius 1 is 0.848 bits per heavy atom. The second-order valence-electron chi connectivity index (χ2n) is 9.06. The fourth-order valence-electron chi connectivity index (χ4n) is 5.63. The molecule has 1 aromatic heterocycles. The SMILES string of the molecule is COC(=O)c1c(-c2ccc3c(c2)-c2ccccc2C3C)cn(C2CCCCC2)c1C(=O)OC. The highest BCUT2D eigenvalue weighted by atomic mass is 16.5. The fraction of sp³-hybridized carbons (Fsp3) is 0.357. The molecule has 33 heavy (non-hydrogen) atoms. The van der Waals surface area contributed by atoms with E-state index in [1.54, 1.807) is 0 Å². The highest BCUT2D eigenvalue weighted by Gasteiger charge is 2.33. The van der Waals surface area contributed by atoms with Crippen LogP contribution < -0.4 is 0 Å². The number of rotatable bonds is 4. The van der Waals surface area contributed by atoms with Gasteiger partial charge in [-0.1, -0.05) is 62.6 Å².